The lowest BCUT2D eigenvalue weighted by Crippen LogP contribution is -2.36. The van der Waals surface area contributed by atoms with Crippen molar-refractivity contribution in [2.75, 3.05) is 48.9 Å². The Bertz CT molecular complexity index is 1160. The maximum Gasteiger partial charge on any atom is 0.247 e. The Labute approximate surface area is 197 Å². The van der Waals surface area contributed by atoms with Crippen molar-refractivity contribution in [3.63, 3.8) is 0 Å². The van der Waals surface area contributed by atoms with Crippen LogP contribution in [0.5, 0.6) is 5.75 Å². The highest BCUT2D eigenvalue weighted by Gasteiger charge is 2.14. The van der Waals surface area contributed by atoms with Crippen molar-refractivity contribution in [3.05, 3.63) is 66.3 Å². The Morgan fingerprint density at radius 1 is 1.24 bits per heavy atom. The molecule has 33 heavy (non-hydrogen) atoms. The molecule has 1 aliphatic rings. The number of anilines is 4. The van der Waals surface area contributed by atoms with Crippen molar-refractivity contribution in [2.45, 2.75) is 0 Å². The van der Waals surface area contributed by atoms with Gasteiger partial charge in [0, 0.05) is 30.0 Å². The van der Waals surface area contributed by atoms with Crippen LogP contribution in [0, 0.1) is 0 Å². The van der Waals surface area contributed by atoms with E-state index >= 15 is 0 Å². The average Bonchev–Trinajstić information content (AvgIpc) is 2.86. The minimum absolute atomic E-state index is 0.346. The standard InChI is InChI=1S/C24H24ClN5O3/c1-3-22(31)28-20-13-16(7-8-21(20)32-2)23-19(25)15-26-24(29-23)27-17-5-4-6-18(14-17)30-9-11-33-12-10-30/h3-8,13-15H,1,9-12H2,2H3,(H,28,31)(H,26,27,29). The van der Waals surface area contributed by atoms with Crippen LogP contribution in [0.4, 0.5) is 23.0 Å². The summed E-state index contributed by atoms with van der Waals surface area (Å²) in [6, 6.07) is 13.4. The molecule has 8 nitrogen and oxygen atoms in total. The van der Waals surface area contributed by atoms with Crippen molar-refractivity contribution in [3.8, 4) is 17.0 Å². The number of benzene rings is 2. The number of rotatable bonds is 7. The molecule has 2 N–H and O–H groups in total. The van der Waals surface area contributed by atoms with Crippen molar-refractivity contribution in [1.29, 1.82) is 0 Å². The molecule has 1 saturated heterocycles. The Hall–Kier alpha value is -3.62. The van der Waals surface area contributed by atoms with Crippen LogP contribution < -0.4 is 20.3 Å². The third kappa shape index (κ3) is 5.42. The number of morpholine rings is 1. The fourth-order valence-corrected chi connectivity index (χ4v) is 3.70. The molecule has 170 valence electrons. The van der Waals surface area contributed by atoms with Crippen molar-refractivity contribution >= 4 is 40.5 Å². The molecule has 0 radical (unpaired) electrons. The molecule has 1 amide bonds. The Morgan fingerprint density at radius 3 is 2.82 bits per heavy atom. The van der Waals surface area contributed by atoms with Crippen LogP contribution in [0.25, 0.3) is 11.3 Å². The number of methoxy groups -OCH3 is 1. The molecule has 0 bridgehead atoms. The highest BCUT2D eigenvalue weighted by molar-refractivity contribution is 6.33. The van der Waals surface area contributed by atoms with E-state index in [9.17, 15) is 4.79 Å². The van der Waals surface area contributed by atoms with Gasteiger partial charge < -0.3 is 25.0 Å². The summed E-state index contributed by atoms with van der Waals surface area (Å²) in [5.41, 5.74) is 3.68. The Balaban J connectivity index is 1.60. The third-order valence-corrected chi connectivity index (χ3v) is 5.42. The van der Waals surface area contributed by atoms with Crippen LogP contribution in [0.1, 0.15) is 0 Å². The number of hydrogen-bond donors (Lipinski definition) is 2. The minimum atomic E-state index is -0.346. The molecule has 3 aromatic rings. The van der Waals surface area contributed by atoms with Gasteiger partial charge in [-0.15, -0.1) is 0 Å². The number of amides is 1. The SMILES string of the molecule is C=CC(=O)Nc1cc(-c2nc(Nc3cccc(N4CCOCC4)c3)ncc2Cl)ccc1OC. The van der Waals surface area contributed by atoms with Gasteiger partial charge in [-0.2, -0.15) is 0 Å². The number of carbonyl (C=O) groups is 1. The first-order chi connectivity index (χ1) is 16.1. The fraction of sp³-hybridized carbons (Fsp3) is 0.208. The first-order valence-corrected chi connectivity index (χ1v) is 10.8. The number of hydrogen-bond acceptors (Lipinski definition) is 7. The summed E-state index contributed by atoms with van der Waals surface area (Å²) in [4.78, 5) is 23.0. The van der Waals surface area contributed by atoms with Gasteiger partial charge in [-0.1, -0.05) is 24.2 Å². The quantitative estimate of drug-likeness (QED) is 0.496. The molecule has 9 heteroatoms. The van der Waals surface area contributed by atoms with Gasteiger partial charge in [0.15, 0.2) is 0 Å². The van der Waals surface area contributed by atoms with E-state index < -0.39 is 0 Å². The molecule has 0 aliphatic carbocycles. The molecule has 1 fully saturated rings. The number of halogens is 1. The normalized spacial score (nSPS) is 13.3. The van der Waals surface area contributed by atoms with E-state index in [4.69, 9.17) is 21.1 Å². The zero-order valence-electron chi connectivity index (χ0n) is 18.2. The first kappa shape index (κ1) is 22.6. The number of nitrogens with one attached hydrogen (secondary N) is 2. The molecule has 4 rings (SSSR count). The van der Waals surface area contributed by atoms with Gasteiger partial charge in [-0.3, -0.25) is 4.79 Å². The maximum atomic E-state index is 11.8. The van der Waals surface area contributed by atoms with E-state index in [0.717, 1.165) is 37.7 Å². The van der Waals surface area contributed by atoms with Gasteiger partial charge in [0.25, 0.3) is 0 Å². The second-order valence-electron chi connectivity index (χ2n) is 7.27. The summed E-state index contributed by atoms with van der Waals surface area (Å²) in [5.74, 6) is 0.570. The minimum Gasteiger partial charge on any atom is -0.495 e. The van der Waals surface area contributed by atoms with Crippen LogP contribution in [-0.2, 0) is 9.53 Å². The van der Waals surface area contributed by atoms with Crippen molar-refractivity contribution in [1.82, 2.24) is 9.97 Å². The van der Waals surface area contributed by atoms with Gasteiger partial charge >= 0.3 is 0 Å². The van der Waals surface area contributed by atoms with Crippen LogP contribution >= 0.6 is 11.6 Å². The topological polar surface area (TPSA) is 88.6 Å². The zero-order valence-corrected chi connectivity index (χ0v) is 18.9. The number of carbonyl (C=O) groups excluding carboxylic acids is 1. The molecule has 2 heterocycles. The van der Waals surface area contributed by atoms with E-state index in [0.29, 0.717) is 33.7 Å². The van der Waals surface area contributed by atoms with Gasteiger partial charge in [0.1, 0.15) is 5.75 Å². The molecule has 1 aliphatic heterocycles. The summed E-state index contributed by atoms with van der Waals surface area (Å²) >= 11 is 6.41. The third-order valence-electron chi connectivity index (χ3n) is 5.14. The summed E-state index contributed by atoms with van der Waals surface area (Å²) in [5, 5.41) is 6.37. The van der Waals surface area contributed by atoms with Crippen LogP contribution in [0.15, 0.2) is 61.3 Å². The summed E-state index contributed by atoms with van der Waals surface area (Å²) < 4.78 is 10.8. The van der Waals surface area contributed by atoms with E-state index in [1.165, 1.54) is 13.2 Å². The molecule has 0 spiro atoms. The first-order valence-electron chi connectivity index (χ1n) is 10.4. The van der Waals surface area contributed by atoms with E-state index in [-0.39, 0.29) is 5.91 Å². The molecular formula is C24H24ClN5O3. The number of ether oxygens (including phenoxy) is 2. The second-order valence-corrected chi connectivity index (χ2v) is 7.68. The predicted octanol–water partition coefficient (Wildman–Crippen LogP) is 4.51. The van der Waals surface area contributed by atoms with Crippen LogP contribution in [-0.4, -0.2) is 49.3 Å². The molecule has 0 unspecified atom stereocenters. The lowest BCUT2D eigenvalue weighted by Gasteiger charge is -2.29. The lowest BCUT2D eigenvalue weighted by atomic mass is 10.1. The van der Waals surface area contributed by atoms with Crippen molar-refractivity contribution < 1.29 is 14.3 Å². The summed E-state index contributed by atoms with van der Waals surface area (Å²) in [6.45, 7) is 6.63. The highest BCUT2D eigenvalue weighted by Crippen LogP contribution is 2.33. The van der Waals surface area contributed by atoms with Gasteiger partial charge in [0.2, 0.25) is 11.9 Å². The Morgan fingerprint density at radius 2 is 2.06 bits per heavy atom. The van der Waals surface area contributed by atoms with Crippen molar-refractivity contribution in [2.24, 2.45) is 0 Å². The second kappa shape index (κ2) is 10.3. The largest absolute Gasteiger partial charge is 0.495 e. The summed E-state index contributed by atoms with van der Waals surface area (Å²) in [7, 11) is 1.53. The predicted molar refractivity (Wildman–Crippen MR) is 131 cm³/mol. The molecule has 1 aromatic heterocycles. The molecule has 2 aromatic carbocycles. The number of nitrogens with zero attached hydrogens (tertiary/aromatic N) is 3. The fourth-order valence-electron chi connectivity index (χ4n) is 3.50. The van der Waals surface area contributed by atoms with Gasteiger partial charge in [-0.25, -0.2) is 9.97 Å². The zero-order chi connectivity index (χ0) is 23.2. The molecule has 0 atom stereocenters. The number of aromatic nitrogens is 2. The van der Waals surface area contributed by atoms with Gasteiger partial charge in [0.05, 0.1) is 42.9 Å². The Kier molecular flexibility index (Phi) is 7.07. The van der Waals surface area contributed by atoms with Crippen LogP contribution in [0.3, 0.4) is 0 Å². The van der Waals surface area contributed by atoms with E-state index in [1.807, 2.05) is 18.2 Å². The smallest absolute Gasteiger partial charge is 0.247 e. The highest BCUT2D eigenvalue weighted by atomic mass is 35.5. The average molecular weight is 466 g/mol. The van der Waals surface area contributed by atoms with E-state index in [1.54, 1.807) is 18.3 Å². The van der Waals surface area contributed by atoms with Crippen LogP contribution in [0.2, 0.25) is 5.02 Å². The van der Waals surface area contributed by atoms with Gasteiger partial charge in [-0.05, 0) is 42.5 Å². The lowest BCUT2D eigenvalue weighted by molar-refractivity contribution is -0.111. The monoisotopic (exact) mass is 465 g/mol. The molecule has 0 saturated carbocycles. The summed E-state index contributed by atoms with van der Waals surface area (Å²) in [6.07, 6.45) is 2.74. The van der Waals surface area contributed by atoms with E-state index in [2.05, 4.69) is 44.2 Å². The molecular weight excluding hydrogens is 442 g/mol. The maximum absolute atomic E-state index is 11.8.